The van der Waals surface area contributed by atoms with Crippen LogP contribution in [0.2, 0.25) is 0 Å². The number of aryl methyl sites for hydroxylation is 3. The maximum absolute atomic E-state index is 12.3. The molecule has 10 nitrogen and oxygen atoms in total. The van der Waals surface area contributed by atoms with Crippen LogP contribution >= 0.6 is 11.3 Å². The molecule has 0 aliphatic rings. The van der Waals surface area contributed by atoms with E-state index in [0.717, 1.165) is 9.57 Å². The zero-order valence-corrected chi connectivity index (χ0v) is 14.8. The third kappa shape index (κ3) is 3.22. The maximum atomic E-state index is 12.3. The summed E-state index contributed by atoms with van der Waals surface area (Å²) >= 11 is 1.31. The summed E-state index contributed by atoms with van der Waals surface area (Å²) in [7, 11) is 3.00. The number of fused-ring (bicyclic) bond motifs is 1. The molecule has 0 atom stereocenters. The van der Waals surface area contributed by atoms with Crippen molar-refractivity contribution in [1.29, 1.82) is 0 Å². The summed E-state index contributed by atoms with van der Waals surface area (Å²) < 4.78 is 4.04. The van der Waals surface area contributed by atoms with E-state index in [2.05, 4.69) is 20.5 Å². The van der Waals surface area contributed by atoms with Crippen molar-refractivity contribution in [2.75, 3.05) is 5.32 Å². The Balaban J connectivity index is 1.71. The number of nitrogens with one attached hydrogen (secondary N) is 1. The van der Waals surface area contributed by atoms with Crippen LogP contribution < -0.4 is 16.6 Å². The van der Waals surface area contributed by atoms with E-state index in [0.29, 0.717) is 29.3 Å². The van der Waals surface area contributed by atoms with Crippen LogP contribution in [0, 0.1) is 6.92 Å². The Morgan fingerprint density at radius 1 is 1.24 bits per heavy atom. The molecule has 0 aliphatic carbocycles. The highest BCUT2D eigenvalue weighted by molar-refractivity contribution is 7.15. The Morgan fingerprint density at radius 3 is 2.68 bits per heavy atom. The van der Waals surface area contributed by atoms with Gasteiger partial charge in [-0.1, -0.05) is 11.3 Å². The average Bonchev–Trinajstić information content (AvgIpc) is 3.17. The lowest BCUT2D eigenvalue weighted by atomic mass is 10.3. The Bertz CT molecular complexity index is 1060. The largest absolute Gasteiger partial charge is 0.332 e. The molecule has 0 saturated carbocycles. The van der Waals surface area contributed by atoms with Crippen molar-refractivity contribution in [3.8, 4) is 0 Å². The number of rotatable bonds is 5. The number of carbonyl (C=O) groups excluding carboxylic acids is 1. The molecule has 0 bridgehead atoms. The molecular formula is C14H17N7O3S. The van der Waals surface area contributed by atoms with Crippen LogP contribution in [0.15, 0.2) is 15.9 Å². The van der Waals surface area contributed by atoms with Crippen LogP contribution in [-0.2, 0) is 25.4 Å². The first-order valence-corrected chi connectivity index (χ1v) is 8.41. The second-order valence-electron chi connectivity index (χ2n) is 5.59. The van der Waals surface area contributed by atoms with Gasteiger partial charge in [-0.2, -0.15) is 0 Å². The molecule has 3 heterocycles. The zero-order valence-electron chi connectivity index (χ0n) is 14.0. The zero-order chi connectivity index (χ0) is 18.1. The summed E-state index contributed by atoms with van der Waals surface area (Å²) in [5, 5.41) is 11.6. The monoisotopic (exact) mass is 363 g/mol. The molecular weight excluding hydrogens is 346 g/mol. The molecule has 1 amide bonds. The topological polar surface area (TPSA) is 117 Å². The highest BCUT2D eigenvalue weighted by atomic mass is 32.1. The molecule has 0 unspecified atom stereocenters. The van der Waals surface area contributed by atoms with Gasteiger partial charge < -0.3 is 9.88 Å². The van der Waals surface area contributed by atoms with Gasteiger partial charge in [0.1, 0.15) is 5.01 Å². The lowest BCUT2D eigenvalue weighted by molar-refractivity contribution is -0.116. The van der Waals surface area contributed by atoms with Crippen LogP contribution in [0.3, 0.4) is 0 Å². The van der Waals surface area contributed by atoms with E-state index in [1.165, 1.54) is 29.3 Å². The molecule has 0 spiro atoms. The van der Waals surface area contributed by atoms with E-state index in [1.807, 2.05) is 6.92 Å². The van der Waals surface area contributed by atoms with E-state index in [1.54, 1.807) is 11.6 Å². The fourth-order valence-corrected chi connectivity index (χ4v) is 3.11. The quantitative estimate of drug-likeness (QED) is 0.683. The summed E-state index contributed by atoms with van der Waals surface area (Å²) in [6.45, 7) is 2.25. The van der Waals surface area contributed by atoms with Gasteiger partial charge in [-0.3, -0.25) is 18.7 Å². The predicted molar refractivity (Wildman–Crippen MR) is 92.7 cm³/mol. The summed E-state index contributed by atoms with van der Waals surface area (Å²) in [4.78, 5) is 40.3. The van der Waals surface area contributed by atoms with Crippen LogP contribution in [0.25, 0.3) is 11.2 Å². The van der Waals surface area contributed by atoms with Crippen LogP contribution in [0.5, 0.6) is 0 Å². The van der Waals surface area contributed by atoms with Gasteiger partial charge in [-0.05, 0) is 13.3 Å². The second-order valence-corrected chi connectivity index (χ2v) is 6.78. The van der Waals surface area contributed by atoms with E-state index in [9.17, 15) is 14.4 Å². The van der Waals surface area contributed by atoms with E-state index < -0.39 is 11.2 Å². The molecule has 0 radical (unpaired) electrons. The first kappa shape index (κ1) is 17.0. The van der Waals surface area contributed by atoms with Gasteiger partial charge in [0.15, 0.2) is 11.2 Å². The molecule has 1 N–H and O–H groups in total. The first-order chi connectivity index (χ1) is 11.9. The highest BCUT2D eigenvalue weighted by Crippen LogP contribution is 2.14. The number of hydrogen-bond donors (Lipinski definition) is 1. The van der Waals surface area contributed by atoms with E-state index >= 15 is 0 Å². The number of carbonyl (C=O) groups is 1. The molecule has 132 valence electrons. The second kappa shape index (κ2) is 6.59. The van der Waals surface area contributed by atoms with Crippen LogP contribution in [-0.4, -0.2) is 34.8 Å². The van der Waals surface area contributed by atoms with Crippen LogP contribution in [0.4, 0.5) is 5.13 Å². The number of anilines is 1. The minimum atomic E-state index is -0.422. The summed E-state index contributed by atoms with van der Waals surface area (Å²) in [5.74, 6) is -0.166. The van der Waals surface area contributed by atoms with Crippen molar-refractivity contribution in [1.82, 2.24) is 28.9 Å². The van der Waals surface area contributed by atoms with Gasteiger partial charge in [0.05, 0.1) is 6.33 Å². The van der Waals surface area contributed by atoms with E-state index in [-0.39, 0.29) is 12.3 Å². The number of hydrogen-bond acceptors (Lipinski definition) is 7. The molecule has 0 aliphatic heterocycles. The Kier molecular flexibility index (Phi) is 4.49. The standard InChI is InChI=1S/C14H17N7O3S/c1-8-17-18-13(25-8)16-9(22)5-4-6-21-7-15-11-10(21)12(23)20(3)14(24)19(11)2/h7H,4-6H2,1-3H3,(H,16,18,22). The maximum Gasteiger partial charge on any atom is 0.332 e. The third-order valence-corrected chi connectivity index (χ3v) is 4.55. The molecule has 11 heteroatoms. The van der Waals surface area contributed by atoms with Gasteiger partial charge in [0.25, 0.3) is 5.56 Å². The van der Waals surface area contributed by atoms with Gasteiger partial charge >= 0.3 is 5.69 Å². The number of imidazole rings is 1. The fraction of sp³-hybridized carbons (Fsp3) is 0.429. The smallest absolute Gasteiger partial charge is 0.325 e. The average molecular weight is 363 g/mol. The highest BCUT2D eigenvalue weighted by Gasteiger charge is 2.14. The summed E-state index contributed by atoms with van der Waals surface area (Å²) in [6.07, 6.45) is 2.29. The number of nitrogens with zero attached hydrogens (tertiary/aromatic N) is 6. The number of amides is 1. The fourth-order valence-electron chi connectivity index (χ4n) is 2.51. The lowest BCUT2D eigenvalue weighted by Crippen LogP contribution is -2.37. The Hall–Kier alpha value is -2.82. The minimum Gasteiger partial charge on any atom is -0.325 e. The predicted octanol–water partition coefficient (Wildman–Crippen LogP) is 0.0125. The summed E-state index contributed by atoms with van der Waals surface area (Å²) in [5.41, 5.74) is -0.134. The van der Waals surface area contributed by atoms with Crippen molar-refractivity contribution < 1.29 is 4.79 Å². The Morgan fingerprint density at radius 2 is 2.00 bits per heavy atom. The number of aromatic nitrogens is 6. The molecule has 3 aromatic heterocycles. The molecule has 0 aromatic carbocycles. The molecule has 0 fully saturated rings. The normalized spacial score (nSPS) is 11.2. The van der Waals surface area contributed by atoms with Crippen molar-refractivity contribution in [3.63, 3.8) is 0 Å². The van der Waals surface area contributed by atoms with Gasteiger partial charge in [-0.25, -0.2) is 9.78 Å². The molecule has 0 saturated heterocycles. The van der Waals surface area contributed by atoms with Crippen molar-refractivity contribution in [2.45, 2.75) is 26.3 Å². The molecule has 25 heavy (non-hydrogen) atoms. The Labute approximate surface area is 145 Å². The van der Waals surface area contributed by atoms with Crippen molar-refractivity contribution >= 4 is 33.5 Å². The lowest BCUT2D eigenvalue weighted by Gasteiger charge is -2.06. The van der Waals surface area contributed by atoms with Crippen LogP contribution in [0.1, 0.15) is 17.8 Å². The summed E-state index contributed by atoms with van der Waals surface area (Å²) in [6, 6.07) is 0. The molecule has 3 rings (SSSR count). The third-order valence-electron chi connectivity index (χ3n) is 3.79. The van der Waals surface area contributed by atoms with E-state index in [4.69, 9.17) is 0 Å². The van der Waals surface area contributed by atoms with Crippen molar-refractivity contribution in [3.05, 3.63) is 32.2 Å². The van der Waals surface area contributed by atoms with Gasteiger partial charge in [0.2, 0.25) is 11.0 Å². The SMILES string of the molecule is Cc1nnc(NC(=O)CCCn2cnc3c2c(=O)n(C)c(=O)n3C)s1. The van der Waals surface area contributed by atoms with Gasteiger partial charge in [0, 0.05) is 27.1 Å². The molecule has 3 aromatic rings. The van der Waals surface area contributed by atoms with Gasteiger partial charge in [-0.15, -0.1) is 10.2 Å². The minimum absolute atomic E-state index is 0.166. The van der Waals surface area contributed by atoms with Crippen molar-refractivity contribution in [2.24, 2.45) is 14.1 Å². The first-order valence-electron chi connectivity index (χ1n) is 7.59.